The second-order valence-electron chi connectivity index (χ2n) is 6.44. The molecule has 5 nitrogen and oxygen atoms in total. The van der Waals surface area contributed by atoms with E-state index in [-0.39, 0.29) is 29.6 Å². The Kier molecular flexibility index (Phi) is 11.4. The third-order valence-corrected chi connectivity index (χ3v) is 4.12. The van der Waals surface area contributed by atoms with E-state index >= 15 is 0 Å². The molecule has 1 fully saturated rings. The molecule has 0 amide bonds. The van der Waals surface area contributed by atoms with Gasteiger partial charge in [-0.05, 0) is 52.6 Å². The van der Waals surface area contributed by atoms with Gasteiger partial charge in [0.1, 0.15) is 0 Å². The van der Waals surface area contributed by atoms with Gasteiger partial charge in [-0.2, -0.15) is 0 Å². The maximum absolute atomic E-state index is 5.42. The van der Waals surface area contributed by atoms with Crippen LogP contribution in [0.1, 0.15) is 40.5 Å². The van der Waals surface area contributed by atoms with Gasteiger partial charge in [0, 0.05) is 26.7 Å². The van der Waals surface area contributed by atoms with Gasteiger partial charge in [0.25, 0.3) is 0 Å². The Morgan fingerprint density at radius 1 is 1.32 bits per heavy atom. The van der Waals surface area contributed by atoms with Crippen molar-refractivity contribution in [3.8, 4) is 0 Å². The van der Waals surface area contributed by atoms with Crippen molar-refractivity contribution in [2.75, 3.05) is 46.4 Å². The lowest BCUT2D eigenvalue weighted by Gasteiger charge is -2.32. The number of nitrogens with zero attached hydrogens (tertiary/aromatic N) is 2. The molecule has 0 aromatic heterocycles. The molecule has 0 bridgehead atoms. The summed E-state index contributed by atoms with van der Waals surface area (Å²) in [4.78, 5) is 7.17. The molecule has 1 unspecified atom stereocenters. The Morgan fingerprint density at radius 2 is 2.05 bits per heavy atom. The predicted molar refractivity (Wildman–Crippen MR) is 105 cm³/mol. The number of ether oxygens (including phenoxy) is 1. The number of piperidine rings is 1. The largest absolute Gasteiger partial charge is 0.377 e. The van der Waals surface area contributed by atoms with Crippen LogP contribution in [0.3, 0.4) is 0 Å². The Labute approximate surface area is 153 Å². The third kappa shape index (κ3) is 8.53. The highest BCUT2D eigenvalue weighted by Gasteiger charge is 2.19. The van der Waals surface area contributed by atoms with Crippen LogP contribution in [0, 0.1) is 5.92 Å². The van der Waals surface area contributed by atoms with E-state index < -0.39 is 0 Å². The van der Waals surface area contributed by atoms with Gasteiger partial charge in [-0.3, -0.25) is 4.99 Å². The van der Waals surface area contributed by atoms with Crippen molar-refractivity contribution >= 4 is 29.9 Å². The Balaban J connectivity index is 0.00000441. The minimum absolute atomic E-state index is 0. The van der Waals surface area contributed by atoms with Crippen molar-refractivity contribution in [3.05, 3.63) is 0 Å². The van der Waals surface area contributed by atoms with Crippen LogP contribution >= 0.6 is 24.0 Å². The molecule has 0 aromatic carbocycles. The van der Waals surface area contributed by atoms with Gasteiger partial charge in [0.2, 0.25) is 0 Å². The molecule has 0 saturated carbocycles. The molecule has 0 radical (unpaired) electrons. The summed E-state index contributed by atoms with van der Waals surface area (Å²) in [5, 5.41) is 6.80. The maximum Gasteiger partial charge on any atom is 0.191 e. The predicted octanol–water partition coefficient (Wildman–Crippen LogP) is 2.32. The summed E-state index contributed by atoms with van der Waals surface area (Å²) in [5.41, 5.74) is -0.216. The summed E-state index contributed by atoms with van der Waals surface area (Å²) in [5.74, 6) is 1.62. The second kappa shape index (κ2) is 11.5. The first kappa shape index (κ1) is 21.9. The zero-order chi connectivity index (χ0) is 15.7. The summed E-state index contributed by atoms with van der Waals surface area (Å²) < 4.78 is 5.42. The molecule has 0 spiro atoms. The van der Waals surface area contributed by atoms with E-state index in [1.165, 1.54) is 25.9 Å². The topological polar surface area (TPSA) is 48.9 Å². The maximum atomic E-state index is 5.42. The molecular weight excluding hydrogens is 391 g/mol. The molecule has 6 heteroatoms. The van der Waals surface area contributed by atoms with E-state index in [4.69, 9.17) is 4.74 Å². The summed E-state index contributed by atoms with van der Waals surface area (Å²) in [6, 6.07) is 0. The normalized spacial score (nSPS) is 20.4. The number of likely N-dealkylation sites (tertiary alicyclic amines) is 1. The quantitative estimate of drug-likeness (QED) is 0.373. The monoisotopic (exact) mass is 426 g/mol. The average Bonchev–Trinajstić information content (AvgIpc) is 2.50. The summed E-state index contributed by atoms with van der Waals surface area (Å²) in [6.45, 7) is 14.6. The fourth-order valence-electron chi connectivity index (χ4n) is 2.52. The third-order valence-electron chi connectivity index (χ3n) is 4.12. The highest BCUT2D eigenvalue weighted by molar-refractivity contribution is 14.0. The Bertz CT molecular complexity index is 323. The fourth-order valence-corrected chi connectivity index (χ4v) is 2.52. The number of aliphatic imine (C=N–C) groups is 1. The highest BCUT2D eigenvalue weighted by atomic mass is 127. The molecule has 0 aliphatic carbocycles. The summed E-state index contributed by atoms with van der Waals surface area (Å²) in [6.07, 6.45) is 2.62. The molecular formula is C16H35IN4O. The SMILES string of the molecule is CCNC(=NCC(C)(C)OC)NCC1CCCN(CC)C1.I. The van der Waals surface area contributed by atoms with Crippen LogP contribution in [-0.4, -0.2) is 62.8 Å². The lowest BCUT2D eigenvalue weighted by Crippen LogP contribution is -2.45. The van der Waals surface area contributed by atoms with Crippen LogP contribution in [0.5, 0.6) is 0 Å². The molecule has 132 valence electrons. The molecule has 1 rings (SSSR count). The number of hydrogen-bond donors (Lipinski definition) is 2. The van der Waals surface area contributed by atoms with Crippen molar-refractivity contribution in [1.29, 1.82) is 0 Å². The first-order chi connectivity index (χ1) is 10.0. The molecule has 1 aliphatic heterocycles. The van der Waals surface area contributed by atoms with Gasteiger partial charge in [-0.25, -0.2) is 0 Å². The van der Waals surface area contributed by atoms with E-state index in [9.17, 15) is 0 Å². The van der Waals surface area contributed by atoms with Crippen LogP contribution < -0.4 is 10.6 Å². The van der Waals surface area contributed by atoms with E-state index in [1.807, 2.05) is 0 Å². The van der Waals surface area contributed by atoms with Gasteiger partial charge < -0.3 is 20.3 Å². The minimum Gasteiger partial charge on any atom is -0.377 e. The van der Waals surface area contributed by atoms with E-state index in [2.05, 4.69) is 48.2 Å². The Morgan fingerprint density at radius 3 is 2.64 bits per heavy atom. The first-order valence-electron chi connectivity index (χ1n) is 8.30. The standard InChI is InChI=1S/C16H34N4O.HI/c1-6-17-15(19-13-16(3,4)21-5)18-11-14-9-8-10-20(7-2)12-14;/h14H,6-13H2,1-5H3,(H2,17,18,19);1H. The van der Waals surface area contributed by atoms with Crippen molar-refractivity contribution in [1.82, 2.24) is 15.5 Å². The average molecular weight is 426 g/mol. The van der Waals surface area contributed by atoms with Crippen LogP contribution in [0.25, 0.3) is 0 Å². The second-order valence-corrected chi connectivity index (χ2v) is 6.44. The molecule has 1 atom stereocenters. The van der Waals surface area contributed by atoms with Gasteiger partial charge in [-0.15, -0.1) is 24.0 Å². The van der Waals surface area contributed by atoms with Gasteiger partial charge in [0.15, 0.2) is 5.96 Å². The van der Waals surface area contributed by atoms with Crippen LogP contribution in [0.15, 0.2) is 4.99 Å². The molecule has 2 N–H and O–H groups in total. The Hall–Kier alpha value is -0.0800. The van der Waals surface area contributed by atoms with E-state index in [0.29, 0.717) is 6.54 Å². The number of rotatable bonds is 7. The van der Waals surface area contributed by atoms with Crippen LogP contribution in [0.2, 0.25) is 0 Å². The number of hydrogen-bond acceptors (Lipinski definition) is 3. The number of guanidine groups is 1. The number of nitrogens with one attached hydrogen (secondary N) is 2. The fraction of sp³-hybridized carbons (Fsp3) is 0.938. The lowest BCUT2D eigenvalue weighted by atomic mass is 9.98. The summed E-state index contributed by atoms with van der Waals surface area (Å²) >= 11 is 0. The highest BCUT2D eigenvalue weighted by Crippen LogP contribution is 2.15. The number of methoxy groups -OCH3 is 1. The molecule has 0 aromatic rings. The van der Waals surface area contributed by atoms with Crippen LogP contribution in [0.4, 0.5) is 0 Å². The van der Waals surface area contributed by atoms with Crippen LogP contribution in [-0.2, 0) is 4.74 Å². The smallest absolute Gasteiger partial charge is 0.191 e. The number of halogens is 1. The van der Waals surface area contributed by atoms with Gasteiger partial charge in [0.05, 0.1) is 12.1 Å². The van der Waals surface area contributed by atoms with E-state index in [1.54, 1.807) is 7.11 Å². The zero-order valence-corrected chi connectivity index (χ0v) is 17.3. The molecule has 22 heavy (non-hydrogen) atoms. The lowest BCUT2D eigenvalue weighted by molar-refractivity contribution is 0.0310. The van der Waals surface area contributed by atoms with Crippen molar-refractivity contribution in [2.24, 2.45) is 10.9 Å². The van der Waals surface area contributed by atoms with Crippen molar-refractivity contribution in [2.45, 2.75) is 46.1 Å². The first-order valence-corrected chi connectivity index (χ1v) is 8.30. The molecule has 1 heterocycles. The zero-order valence-electron chi connectivity index (χ0n) is 14.9. The molecule has 1 saturated heterocycles. The summed E-state index contributed by atoms with van der Waals surface area (Å²) in [7, 11) is 1.73. The van der Waals surface area contributed by atoms with Crippen molar-refractivity contribution in [3.63, 3.8) is 0 Å². The van der Waals surface area contributed by atoms with Gasteiger partial charge >= 0.3 is 0 Å². The molecule has 1 aliphatic rings. The van der Waals surface area contributed by atoms with Gasteiger partial charge in [-0.1, -0.05) is 6.92 Å². The minimum atomic E-state index is -0.216. The van der Waals surface area contributed by atoms with Crippen molar-refractivity contribution < 1.29 is 4.74 Å². The van der Waals surface area contributed by atoms with E-state index in [0.717, 1.165) is 31.5 Å².